The first-order valence-electron chi connectivity index (χ1n) is 9.54. The highest BCUT2D eigenvalue weighted by Gasteiger charge is 2.30. The van der Waals surface area contributed by atoms with E-state index < -0.39 is 10.0 Å². The molecule has 5 nitrogen and oxygen atoms in total. The molecule has 0 radical (unpaired) electrons. The Hall–Kier alpha value is -1.89. The summed E-state index contributed by atoms with van der Waals surface area (Å²) in [6, 6.07) is 12.3. The maximum atomic E-state index is 13.2. The predicted octanol–water partition coefficient (Wildman–Crippen LogP) is 4.01. The molecule has 28 heavy (non-hydrogen) atoms. The van der Waals surface area contributed by atoms with E-state index >= 15 is 0 Å². The first kappa shape index (κ1) is 20.8. The molecular formula is C21H25ClN2O3S. The minimum absolute atomic E-state index is 0.0225. The zero-order valence-corrected chi connectivity index (χ0v) is 17.7. The van der Waals surface area contributed by atoms with Crippen LogP contribution >= 0.6 is 11.6 Å². The molecule has 1 aliphatic rings. The highest BCUT2D eigenvalue weighted by atomic mass is 35.5. The van der Waals surface area contributed by atoms with E-state index in [0.29, 0.717) is 25.1 Å². The largest absolute Gasteiger partial charge is 0.349 e. The van der Waals surface area contributed by atoms with Gasteiger partial charge in [-0.1, -0.05) is 49.7 Å². The van der Waals surface area contributed by atoms with Crippen molar-refractivity contribution in [3.05, 3.63) is 64.2 Å². The van der Waals surface area contributed by atoms with Crippen molar-refractivity contribution in [1.82, 2.24) is 9.62 Å². The number of benzene rings is 2. The molecular weight excluding hydrogens is 396 g/mol. The molecule has 0 fully saturated rings. The van der Waals surface area contributed by atoms with E-state index in [0.717, 1.165) is 18.4 Å². The number of hydrogen-bond donors (Lipinski definition) is 1. The van der Waals surface area contributed by atoms with E-state index in [2.05, 4.69) is 5.32 Å². The number of nitrogens with one attached hydrogen (secondary N) is 1. The Balaban J connectivity index is 1.89. The first-order chi connectivity index (χ1) is 13.4. The van der Waals surface area contributed by atoms with Crippen molar-refractivity contribution in [2.45, 2.75) is 50.6 Å². The van der Waals surface area contributed by atoms with Crippen LogP contribution in [-0.2, 0) is 23.0 Å². The summed E-state index contributed by atoms with van der Waals surface area (Å²) < 4.78 is 27.9. The van der Waals surface area contributed by atoms with E-state index in [1.807, 2.05) is 38.1 Å². The van der Waals surface area contributed by atoms with Gasteiger partial charge in [-0.15, -0.1) is 0 Å². The Labute approximate surface area is 171 Å². The Morgan fingerprint density at radius 1 is 1.14 bits per heavy atom. The summed E-state index contributed by atoms with van der Waals surface area (Å²) in [6.45, 7) is 4.69. The highest BCUT2D eigenvalue weighted by Crippen LogP contribution is 2.29. The van der Waals surface area contributed by atoms with Crippen molar-refractivity contribution in [2.24, 2.45) is 0 Å². The molecule has 3 rings (SSSR count). The molecule has 0 atom stereocenters. The van der Waals surface area contributed by atoms with Gasteiger partial charge >= 0.3 is 0 Å². The lowest BCUT2D eigenvalue weighted by Crippen LogP contribution is -2.36. The first-order valence-corrected chi connectivity index (χ1v) is 11.4. The number of rotatable bonds is 6. The van der Waals surface area contributed by atoms with E-state index in [9.17, 15) is 13.2 Å². The second-order valence-corrected chi connectivity index (χ2v) is 9.30. The van der Waals surface area contributed by atoms with Gasteiger partial charge in [0.25, 0.3) is 5.91 Å². The predicted molar refractivity (Wildman–Crippen MR) is 111 cm³/mol. The topological polar surface area (TPSA) is 66.5 Å². The molecule has 7 heteroatoms. The van der Waals surface area contributed by atoms with Crippen LogP contribution in [0.5, 0.6) is 0 Å². The standard InChI is InChI=1S/C21H25ClN2O3S/c1-3-18(4-2)23-21(25)16-9-10-19(22)20(13-16)28(26,27)24-12-11-15-7-5-6-8-17(15)14-24/h5-10,13,18H,3-4,11-12,14H2,1-2H3,(H,23,25). The van der Waals surface area contributed by atoms with Crippen molar-refractivity contribution in [1.29, 1.82) is 0 Å². The van der Waals surface area contributed by atoms with Crippen molar-refractivity contribution in [3.8, 4) is 0 Å². The van der Waals surface area contributed by atoms with Crippen molar-refractivity contribution < 1.29 is 13.2 Å². The molecule has 0 aliphatic carbocycles. The van der Waals surface area contributed by atoms with Gasteiger partial charge in [0.2, 0.25) is 10.0 Å². The van der Waals surface area contributed by atoms with Gasteiger partial charge in [0.1, 0.15) is 4.90 Å². The van der Waals surface area contributed by atoms with Gasteiger partial charge in [0, 0.05) is 24.7 Å². The Kier molecular flexibility index (Phi) is 6.43. The summed E-state index contributed by atoms with van der Waals surface area (Å²) in [5.74, 6) is -0.286. The number of carbonyl (C=O) groups excluding carboxylic acids is 1. The minimum atomic E-state index is -3.81. The van der Waals surface area contributed by atoms with Crippen molar-refractivity contribution >= 4 is 27.5 Å². The Bertz CT molecular complexity index is 971. The van der Waals surface area contributed by atoms with Crippen LogP contribution in [0, 0.1) is 0 Å². The van der Waals surface area contributed by atoms with Gasteiger partial charge in [-0.05, 0) is 48.6 Å². The van der Waals surface area contributed by atoms with Gasteiger partial charge in [-0.25, -0.2) is 8.42 Å². The monoisotopic (exact) mass is 420 g/mol. The SMILES string of the molecule is CCC(CC)NC(=O)c1ccc(Cl)c(S(=O)(=O)N2CCc3ccccc3C2)c1. The molecule has 0 spiro atoms. The minimum Gasteiger partial charge on any atom is -0.349 e. The summed E-state index contributed by atoms with van der Waals surface area (Å²) >= 11 is 6.23. The summed E-state index contributed by atoms with van der Waals surface area (Å²) in [5.41, 5.74) is 2.46. The highest BCUT2D eigenvalue weighted by molar-refractivity contribution is 7.89. The summed E-state index contributed by atoms with van der Waals surface area (Å²) in [5, 5.41) is 3.06. The van der Waals surface area contributed by atoms with E-state index in [-0.39, 0.29) is 21.9 Å². The van der Waals surface area contributed by atoms with Crippen LogP contribution in [0.4, 0.5) is 0 Å². The summed E-state index contributed by atoms with van der Waals surface area (Å²) in [4.78, 5) is 12.5. The lowest BCUT2D eigenvalue weighted by Gasteiger charge is -2.28. The number of fused-ring (bicyclic) bond motifs is 1. The van der Waals surface area contributed by atoms with Gasteiger partial charge < -0.3 is 5.32 Å². The zero-order valence-electron chi connectivity index (χ0n) is 16.1. The molecule has 1 N–H and O–H groups in total. The second kappa shape index (κ2) is 8.64. The normalized spacial score (nSPS) is 14.7. The van der Waals surface area contributed by atoms with Crippen LogP contribution in [-0.4, -0.2) is 31.2 Å². The lowest BCUT2D eigenvalue weighted by molar-refractivity contribution is 0.0934. The fourth-order valence-electron chi connectivity index (χ4n) is 3.42. The van der Waals surface area contributed by atoms with Gasteiger partial charge in [-0.3, -0.25) is 4.79 Å². The molecule has 2 aromatic carbocycles. The number of halogens is 1. The van der Waals surface area contributed by atoms with Crippen LogP contribution in [0.3, 0.4) is 0 Å². The molecule has 150 valence electrons. The van der Waals surface area contributed by atoms with Crippen LogP contribution in [0.15, 0.2) is 47.4 Å². The number of amides is 1. The lowest BCUT2D eigenvalue weighted by atomic mass is 10.0. The Morgan fingerprint density at radius 3 is 2.50 bits per heavy atom. The number of hydrogen-bond acceptors (Lipinski definition) is 3. The third-order valence-electron chi connectivity index (χ3n) is 5.23. The van der Waals surface area contributed by atoms with Crippen LogP contribution in [0.2, 0.25) is 5.02 Å². The van der Waals surface area contributed by atoms with Crippen LogP contribution in [0.1, 0.15) is 48.2 Å². The molecule has 0 unspecified atom stereocenters. The molecule has 0 saturated heterocycles. The maximum absolute atomic E-state index is 13.2. The second-order valence-electron chi connectivity index (χ2n) is 6.99. The molecule has 0 aromatic heterocycles. The fourth-order valence-corrected chi connectivity index (χ4v) is 5.34. The molecule has 0 saturated carbocycles. The molecule has 1 aliphatic heterocycles. The number of sulfonamides is 1. The summed E-state index contributed by atoms with van der Waals surface area (Å²) in [6.07, 6.45) is 2.28. The van der Waals surface area contributed by atoms with Gasteiger partial charge in [-0.2, -0.15) is 4.31 Å². The van der Waals surface area contributed by atoms with Crippen LogP contribution in [0.25, 0.3) is 0 Å². The van der Waals surface area contributed by atoms with Crippen molar-refractivity contribution in [2.75, 3.05) is 6.54 Å². The number of carbonyl (C=O) groups is 1. The van der Waals surface area contributed by atoms with E-state index in [1.165, 1.54) is 22.0 Å². The zero-order chi connectivity index (χ0) is 20.3. The van der Waals surface area contributed by atoms with E-state index in [1.54, 1.807) is 6.07 Å². The third kappa shape index (κ3) is 4.24. The molecule has 1 heterocycles. The molecule has 2 aromatic rings. The number of nitrogens with zero attached hydrogens (tertiary/aromatic N) is 1. The summed E-state index contributed by atoms with van der Waals surface area (Å²) in [7, 11) is -3.81. The average molecular weight is 421 g/mol. The van der Waals surface area contributed by atoms with Crippen LogP contribution < -0.4 is 5.32 Å². The third-order valence-corrected chi connectivity index (χ3v) is 7.55. The quantitative estimate of drug-likeness (QED) is 0.767. The van der Waals surface area contributed by atoms with Crippen molar-refractivity contribution in [3.63, 3.8) is 0 Å². The maximum Gasteiger partial charge on any atom is 0.251 e. The molecule has 0 bridgehead atoms. The average Bonchev–Trinajstić information content (AvgIpc) is 2.71. The van der Waals surface area contributed by atoms with Gasteiger partial charge in [0.05, 0.1) is 5.02 Å². The van der Waals surface area contributed by atoms with E-state index in [4.69, 9.17) is 11.6 Å². The van der Waals surface area contributed by atoms with Gasteiger partial charge in [0.15, 0.2) is 0 Å². The fraction of sp³-hybridized carbons (Fsp3) is 0.381. The molecule has 1 amide bonds. The smallest absolute Gasteiger partial charge is 0.251 e. The Morgan fingerprint density at radius 2 is 1.82 bits per heavy atom.